The minimum atomic E-state index is 0.0319. The smallest absolute Gasteiger partial charge is 0.228 e. The minimum Gasteiger partial charge on any atom is -0.326 e. The average Bonchev–Trinajstić information content (AvgIpc) is 3.19. The third kappa shape index (κ3) is 2.72. The van der Waals surface area contributed by atoms with Crippen molar-refractivity contribution in [2.75, 3.05) is 5.32 Å². The molecule has 1 N–H and O–H groups in total. The number of hydrogen-bond donors (Lipinski definition) is 1. The Morgan fingerprint density at radius 1 is 1.20 bits per heavy atom. The number of amides is 1. The monoisotopic (exact) mass is 351 g/mol. The number of halogens is 1. The van der Waals surface area contributed by atoms with Crippen molar-refractivity contribution >= 4 is 23.2 Å². The van der Waals surface area contributed by atoms with Gasteiger partial charge in [-0.05, 0) is 49.2 Å². The fraction of sp³-hybridized carbons (Fsp3) is 0.200. The molecule has 0 atom stereocenters. The molecular formula is C20H18ClN3O. The molecule has 0 bridgehead atoms. The number of anilines is 1. The van der Waals surface area contributed by atoms with Crippen molar-refractivity contribution < 1.29 is 4.79 Å². The van der Waals surface area contributed by atoms with E-state index in [1.807, 2.05) is 47.3 Å². The molecule has 1 aliphatic heterocycles. The van der Waals surface area contributed by atoms with Crippen molar-refractivity contribution in [3.63, 3.8) is 0 Å². The molecular weight excluding hydrogens is 334 g/mol. The van der Waals surface area contributed by atoms with Gasteiger partial charge < -0.3 is 5.32 Å². The second kappa shape index (κ2) is 6.05. The molecule has 2 heterocycles. The van der Waals surface area contributed by atoms with Crippen LogP contribution in [0.2, 0.25) is 5.02 Å². The summed E-state index contributed by atoms with van der Waals surface area (Å²) in [5, 5.41) is 8.00. The summed E-state index contributed by atoms with van der Waals surface area (Å²) >= 11 is 6.58. The van der Waals surface area contributed by atoms with E-state index in [0.29, 0.717) is 11.4 Å². The maximum absolute atomic E-state index is 11.6. The molecule has 1 aromatic heterocycles. The van der Waals surface area contributed by atoms with Crippen molar-refractivity contribution in [2.45, 2.75) is 26.3 Å². The van der Waals surface area contributed by atoms with Crippen LogP contribution in [0.3, 0.4) is 0 Å². The Kier molecular flexibility index (Phi) is 3.85. The van der Waals surface area contributed by atoms with Crippen LogP contribution < -0.4 is 5.32 Å². The zero-order valence-corrected chi connectivity index (χ0v) is 14.8. The molecule has 5 heteroatoms. The average molecular weight is 352 g/mol. The van der Waals surface area contributed by atoms with Crippen LogP contribution in [0.5, 0.6) is 0 Å². The molecule has 0 saturated heterocycles. The van der Waals surface area contributed by atoms with E-state index in [-0.39, 0.29) is 11.9 Å². The highest BCUT2D eigenvalue weighted by molar-refractivity contribution is 6.34. The molecule has 1 amide bonds. The van der Waals surface area contributed by atoms with E-state index in [1.165, 1.54) is 0 Å². The van der Waals surface area contributed by atoms with Gasteiger partial charge in [0.15, 0.2) is 0 Å². The van der Waals surface area contributed by atoms with Gasteiger partial charge in [-0.15, -0.1) is 0 Å². The number of nitrogens with zero attached hydrogens (tertiary/aromatic N) is 2. The number of carbonyl (C=O) groups excluding carboxylic acids is 1. The number of benzene rings is 2. The Labute approximate surface area is 151 Å². The van der Waals surface area contributed by atoms with Crippen molar-refractivity contribution in [2.24, 2.45) is 0 Å². The summed E-state index contributed by atoms with van der Waals surface area (Å²) in [5.41, 5.74) is 5.93. The fourth-order valence-corrected chi connectivity index (χ4v) is 3.64. The van der Waals surface area contributed by atoms with Crippen molar-refractivity contribution in [3.05, 3.63) is 59.2 Å². The van der Waals surface area contributed by atoms with Crippen molar-refractivity contribution in [3.8, 4) is 22.4 Å². The van der Waals surface area contributed by atoms with E-state index in [4.69, 9.17) is 11.6 Å². The maximum atomic E-state index is 11.6. The second-order valence-corrected chi connectivity index (χ2v) is 6.92. The van der Waals surface area contributed by atoms with Crippen LogP contribution in [0.15, 0.2) is 48.7 Å². The first-order valence-electron chi connectivity index (χ1n) is 8.30. The Balaban J connectivity index is 1.90. The normalized spacial score (nSPS) is 13.2. The number of carbonyl (C=O) groups is 1. The summed E-state index contributed by atoms with van der Waals surface area (Å²) in [6, 6.07) is 14.2. The number of aromatic nitrogens is 2. The zero-order chi connectivity index (χ0) is 17.6. The standard InChI is InChI=1S/C20H18ClN3O/c1-12(2)24-18(8-9-22-24)15-4-3-5-16(21)20(15)13-6-7-17-14(10-13)11-19(25)23-17/h3-10,12H,11H2,1-2H3,(H,23,25). The molecule has 4 rings (SSSR count). The lowest BCUT2D eigenvalue weighted by molar-refractivity contribution is -0.115. The molecule has 0 saturated carbocycles. The predicted octanol–water partition coefficient (Wildman–Crippen LogP) is 4.95. The van der Waals surface area contributed by atoms with Gasteiger partial charge in [0.2, 0.25) is 5.91 Å². The molecule has 0 spiro atoms. The predicted molar refractivity (Wildman–Crippen MR) is 101 cm³/mol. The molecule has 126 valence electrons. The Hall–Kier alpha value is -2.59. The van der Waals surface area contributed by atoms with Gasteiger partial charge in [0, 0.05) is 34.1 Å². The van der Waals surface area contributed by atoms with Gasteiger partial charge in [0.05, 0.1) is 12.1 Å². The number of rotatable bonds is 3. The topological polar surface area (TPSA) is 46.9 Å². The largest absolute Gasteiger partial charge is 0.326 e. The van der Waals surface area contributed by atoms with Gasteiger partial charge in [-0.3, -0.25) is 9.48 Å². The molecule has 0 radical (unpaired) electrons. The van der Waals surface area contributed by atoms with Crippen LogP contribution in [0.25, 0.3) is 22.4 Å². The molecule has 0 unspecified atom stereocenters. The van der Waals surface area contributed by atoms with Gasteiger partial charge in [0.25, 0.3) is 0 Å². The Morgan fingerprint density at radius 3 is 2.84 bits per heavy atom. The summed E-state index contributed by atoms with van der Waals surface area (Å²) in [7, 11) is 0. The van der Waals surface area contributed by atoms with E-state index in [0.717, 1.165) is 33.6 Å². The first-order chi connectivity index (χ1) is 12.0. The maximum Gasteiger partial charge on any atom is 0.228 e. The first kappa shape index (κ1) is 15.9. The zero-order valence-electron chi connectivity index (χ0n) is 14.1. The molecule has 4 nitrogen and oxygen atoms in total. The van der Waals surface area contributed by atoms with Gasteiger partial charge in [0.1, 0.15) is 0 Å². The third-order valence-corrected chi connectivity index (χ3v) is 4.78. The highest BCUT2D eigenvalue weighted by Gasteiger charge is 2.20. The van der Waals surface area contributed by atoms with Crippen LogP contribution in [0, 0.1) is 0 Å². The van der Waals surface area contributed by atoms with Crippen LogP contribution in [0.1, 0.15) is 25.5 Å². The quantitative estimate of drug-likeness (QED) is 0.726. The Bertz CT molecular complexity index is 975. The number of fused-ring (bicyclic) bond motifs is 1. The molecule has 0 fully saturated rings. The number of nitrogens with one attached hydrogen (secondary N) is 1. The Morgan fingerprint density at radius 2 is 2.04 bits per heavy atom. The van der Waals surface area contributed by atoms with E-state index < -0.39 is 0 Å². The molecule has 0 aliphatic carbocycles. The highest BCUT2D eigenvalue weighted by Crippen LogP contribution is 2.40. The van der Waals surface area contributed by atoms with E-state index in [9.17, 15) is 4.79 Å². The summed E-state index contributed by atoms with van der Waals surface area (Å²) < 4.78 is 1.99. The SMILES string of the molecule is CC(C)n1nccc1-c1cccc(Cl)c1-c1ccc2c(c1)CC(=O)N2. The summed E-state index contributed by atoms with van der Waals surface area (Å²) in [6.07, 6.45) is 2.22. The van der Waals surface area contributed by atoms with Crippen LogP contribution in [0.4, 0.5) is 5.69 Å². The van der Waals surface area contributed by atoms with Gasteiger partial charge in [-0.25, -0.2) is 0 Å². The molecule has 1 aliphatic rings. The van der Waals surface area contributed by atoms with Gasteiger partial charge >= 0.3 is 0 Å². The second-order valence-electron chi connectivity index (χ2n) is 6.51. The lowest BCUT2D eigenvalue weighted by Crippen LogP contribution is -2.05. The molecule has 2 aromatic carbocycles. The van der Waals surface area contributed by atoms with E-state index in [1.54, 1.807) is 0 Å². The van der Waals surface area contributed by atoms with Crippen LogP contribution in [-0.4, -0.2) is 15.7 Å². The lowest BCUT2D eigenvalue weighted by Gasteiger charge is -2.16. The van der Waals surface area contributed by atoms with Crippen LogP contribution >= 0.6 is 11.6 Å². The fourth-order valence-electron chi connectivity index (χ4n) is 3.35. The summed E-state index contributed by atoms with van der Waals surface area (Å²) in [6.45, 7) is 4.21. The summed E-state index contributed by atoms with van der Waals surface area (Å²) in [5.74, 6) is 0.0319. The highest BCUT2D eigenvalue weighted by atomic mass is 35.5. The first-order valence-corrected chi connectivity index (χ1v) is 8.68. The van der Waals surface area contributed by atoms with Gasteiger partial charge in [-0.2, -0.15) is 5.10 Å². The van der Waals surface area contributed by atoms with Gasteiger partial charge in [-0.1, -0.05) is 29.8 Å². The van der Waals surface area contributed by atoms with Crippen molar-refractivity contribution in [1.82, 2.24) is 9.78 Å². The third-order valence-electron chi connectivity index (χ3n) is 4.47. The summed E-state index contributed by atoms with van der Waals surface area (Å²) in [4.78, 5) is 11.6. The number of hydrogen-bond acceptors (Lipinski definition) is 2. The molecule has 25 heavy (non-hydrogen) atoms. The van der Waals surface area contributed by atoms with E-state index >= 15 is 0 Å². The lowest BCUT2D eigenvalue weighted by atomic mass is 9.95. The van der Waals surface area contributed by atoms with Crippen molar-refractivity contribution in [1.29, 1.82) is 0 Å². The van der Waals surface area contributed by atoms with E-state index in [2.05, 4.69) is 30.3 Å². The van der Waals surface area contributed by atoms with Crippen LogP contribution in [-0.2, 0) is 11.2 Å². The molecule has 3 aromatic rings. The minimum absolute atomic E-state index is 0.0319.